The number of carbonyl (C=O) groups excluding carboxylic acids is 1. The van der Waals surface area contributed by atoms with Crippen molar-refractivity contribution < 1.29 is 19.4 Å². The first kappa shape index (κ1) is 19.8. The van der Waals surface area contributed by atoms with Crippen LogP contribution in [0.2, 0.25) is 0 Å². The van der Waals surface area contributed by atoms with Crippen molar-refractivity contribution in [2.45, 2.75) is 25.9 Å². The number of hydrogen-bond donors (Lipinski definition) is 2. The summed E-state index contributed by atoms with van der Waals surface area (Å²) in [5, 5.41) is 13.5. The number of hydrazone groups is 1. The highest BCUT2D eigenvalue weighted by Crippen LogP contribution is 2.25. The van der Waals surface area contributed by atoms with Gasteiger partial charge in [-0.05, 0) is 54.4 Å². The maximum absolute atomic E-state index is 12.3. The molecule has 0 aliphatic carbocycles. The number of hydrogen-bond acceptors (Lipinski definition) is 5. The first-order valence-electron chi connectivity index (χ1n) is 8.15. The quantitative estimate of drug-likeness (QED) is 0.501. The molecule has 0 aromatic heterocycles. The number of amides is 1. The van der Waals surface area contributed by atoms with Gasteiger partial charge < -0.3 is 14.6 Å². The minimum absolute atomic E-state index is 0.0413. The summed E-state index contributed by atoms with van der Waals surface area (Å²) in [6.07, 6.45) is 2.22. The SMILES string of the molecule is CCCC(Oc1ccc(Br)cc1)C(=O)NN=Cc1ccc(O)c(OC)c1. The van der Waals surface area contributed by atoms with Gasteiger partial charge in [0, 0.05) is 4.47 Å². The number of nitrogens with one attached hydrogen (secondary N) is 1. The lowest BCUT2D eigenvalue weighted by atomic mass is 10.2. The fourth-order valence-electron chi connectivity index (χ4n) is 2.20. The van der Waals surface area contributed by atoms with Crippen LogP contribution >= 0.6 is 15.9 Å². The molecule has 6 nitrogen and oxygen atoms in total. The number of ether oxygens (including phenoxy) is 2. The van der Waals surface area contributed by atoms with Crippen molar-refractivity contribution in [1.29, 1.82) is 0 Å². The van der Waals surface area contributed by atoms with E-state index < -0.39 is 6.10 Å². The first-order chi connectivity index (χ1) is 12.5. The summed E-state index contributed by atoms with van der Waals surface area (Å²) in [4.78, 5) is 12.3. The van der Waals surface area contributed by atoms with Crippen LogP contribution in [-0.2, 0) is 4.79 Å². The van der Waals surface area contributed by atoms with Crippen molar-refractivity contribution in [3.8, 4) is 17.2 Å². The Labute approximate surface area is 161 Å². The van der Waals surface area contributed by atoms with Crippen molar-refractivity contribution in [2.75, 3.05) is 7.11 Å². The second-order valence-electron chi connectivity index (χ2n) is 5.51. The summed E-state index contributed by atoms with van der Waals surface area (Å²) in [6, 6.07) is 12.1. The van der Waals surface area contributed by atoms with Crippen LogP contribution in [0.4, 0.5) is 0 Å². The Balaban J connectivity index is 1.99. The maximum Gasteiger partial charge on any atom is 0.281 e. The Morgan fingerprint density at radius 2 is 2.04 bits per heavy atom. The molecule has 2 rings (SSSR count). The van der Waals surface area contributed by atoms with Gasteiger partial charge >= 0.3 is 0 Å². The summed E-state index contributed by atoms with van der Waals surface area (Å²) >= 11 is 3.36. The second-order valence-corrected chi connectivity index (χ2v) is 6.43. The largest absolute Gasteiger partial charge is 0.504 e. The zero-order valence-corrected chi connectivity index (χ0v) is 16.2. The number of phenols is 1. The van der Waals surface area contributed by atoms with E-state index in [-0.39, 0.29) is 11.7 Å². The zero-order chi connectivity index (χ0) is 18.9. The molecule has 2 aromatic rings. The lowest BCUT2D eigenvalue weighted by Crippen LogP contribution is -2.35. The predicted molar refractivity (Wildman–Crippen MR) is 104 cm³/mol. The number of rotatable bonds is 8. The van der Waals surface area contributed by atoms with E-state index in [1.54, 1.807) is 24.3 Å². The summed E-state index contributed by atoms with van der Waals surface area (Å²) in [5.74, 6) is 0.674. The van der Waals surface area contributed by atoms with Crippen LogP contribution < -0.4 is 14.9 Å². The van der Waals surface area contributed by atoms with Crippen LogP contribution in [0.1, 0.15) is 25.3 Å². The molecule has 0 saturated heterocycles. The normalized spacial score (nSPS) is 12.0. The van der Waals surface area contributed by atoms with Gasteiger partial charge in [-0.3, -0.25) is 4.79 Å². The van der Waals surface area contributed by atoms with E-state index in [4.69, 9.17) is 9.47 Å². The predicted octanol–water partition coefficient (Wildman–Crippen LogP) is 3.86. The Hall–Kier alpha value is -2.54. The number of carbonyl (C=O) groups is 1. The highest BCUT2D eigenvalue weighted by Gasteiger charge is 2.19. The van der Waals surface area contributed by atoms with Crippen molar-refractivity contribution in [2.24, 2.45) is 5.10 Å². The molecule has 7 heteroatoms. The van der Waals surface area contributed by atoms with Crippen molar-refractivity contribution in [3.63, 3.8) is 0 Å². The third-order valence-electron chi connectivity index (χ3n) is 3.53. The number of benzene rings is 2. The molecule has 138 valence electrons. The molecule has 2 aromatic carbocycles. The monoisotopic (exact) mass is 420 g/mol. The highest BCUT2D eigenvalue weighted by atomic mass is 79.9. The number of nitrogens with zero attached hydrogens (tertiary/aromatic N) is 1. The molecule has 26 heavy (non-hydrogen) atoms. The molecule has 0 aliphatic heterocycles. The Morgan fingerprint density at radius 3 is 2.69 bits per heavy atom. The third kappa shape index (κ3) is 5.77. The zero-order valence-electron chi connectivity index (χ0n) is 14.6. The number of halogens is 1. The van der Waals surface area contributed by atoms with E-state index in [2.05, 4.69) is 26.5 Å². The highest BCUT2D eigenvalue weighted by molar-refractivity contribution is 9.10. The molecule has 0 saturated carbocycles. The standard InChI is InChI=1S/C19H21BrN2O4/c1-3-4-17(26-15-8-6-14(20)7-9-15)19(24)22-21-12-13-5-10-16(23)18(11-13)25-2/h5-12,17,23H,3-4H2,1-2H3,(H,22,24). The molecule has 0 aliphatic rings. The van der Waals surface area contributed by atoms with E-state index in [0.717, 1.165) is 10.9 Å². The summed E-state index contributed by atoms with van der Waals surface area (Å²) in [6.45, 7) is 1.98. The Morgan fingerprint density at radius 1 is 1.31 bits per heavy atom. The van der Waals surface area contributed by atoms with Crippen molar-refractivity contribution >= 4 is 28.1 Å². The fourth-order valence-corrected chi connectivity index (χ4v) is 2.46. The van der Waals surface area contributed by atoms with E-state index in [9.17, 15) is 9.90 Å². The molecule has 1 atom stereocenters. The van der Waals surface area contributed by atoms with Gasteiger partial charge in [0.05, 0.1) is 13.3 Å². The lowest BCUT2D eigenvalue weighted by molar-refractivity contribution is -0.128. The number of aromatic hydroxyl groups is 1. The summed E-state index contributed by atoms with van der Waals surface area (Å²) < 4.78 is 11.7. The van der Waals surface area contributed by atoms with Gasteiger partial charge in [-0.1, -0.05) is 29.3 Å². The van der Waals surface area contributed by atoms with Gasteiger partial charge in [0.15, 0.2) is 17.6 Å². The third-order valence-corrected chi connectivity index (χ3v) is 4.06. The van der Waals surface area contributed by atoms with Crippen LogP contribution in [0, 0.1) is 0 Å². The topological polar surface area (TPSA) is 80.2 Å². The fraction of sp³-hybridized carbons (Fsp3) is 0.263. The second kappa shape index (κ2) is 9.82. The minimum atomic E-state index is -0.632. The average Bonchev–Trinajstić information content (AvgIpc) is 2.64. The van der Waals surface area contributed by atoms with E-state index >= 15 is 0 Å². The smallest absolute Gasteiger partial charge is 0.281 e. The Kier molecular flexibility index (Phi) is 7.47. The molecular formula is C19H21BrN2O4. The van der Waals surface area contributed by atoms with Gasteiger partial charge in [0.1, 0.15) is 5.75 Å². The van der Waals surface area contributed by atoms with Crippen LogP contribution in [0.5, 0.6) is 17.2 Å². The molecule has 1 unspecified atom stereocenters. The average molecular weight is 421 g/mol. The number of phenolic OH excluding ortho intramolecular Hbond substituents is 1. The van der Waals surface area contributed by atoms with E-state index in [1.165, 1.54) is 19.4 Å². The van der Waals surface area contributed by atoms with Crippen molar-refractivity contribution in [3.05, 3.63) is 52.5 Å². The van der Waals surface area contributed by atoms with Gasteiger partial charge in [0.2, 0.25) is 0 Å². The minimum Gasteiger partial charge on any atom is -0.504 e. The molecule has 0 bridgehead atoms. The molecule has 0 fully saturated rings. The summed E-state index contributed by atoms with van der Waals surface area (Å²) in [7, 11) is 1.46. The van der Waals surface area contributed by atoms with Crippen LogP contribution in [0.15, 0.2) is 52.0 Å². The van der Waals surface area contributed by atoms with Crippen molar-refractivity contribution in [1.82, 2.24) is 5.43 Å². The van der Waals surface area contributed by atoms with E-state index in [1.807, 2.05) is 19.1 Å². The molecule has 2 N–H and O–H groups in total. The van der Waals surface area contributed by atoms with Crippen LogP contribution in [-0.4, -0.2) is 30.4 Å². The molecule has 1 amide bonds. The molecule has 0 spiro atoms. The van der Waals surface area contributed by atoms with Crippen LogP contribution in [0.3, 0.4) is 0 Å². The van der Waals surface area contributed by atoms with Gasteiger partial charge in [0.25, 0.3) is 5.91 Å². The van der Waals surface area contributed by atoms with Gasteiger partial charge in [-0.25, -0.2) is 5.43 Å². The Bertz CT molecular complexity index is 763. The first-order valence-corrected chi connectivity index (χ1v) is 8.95. The molecule has 0 heterocycles. The van der Waals surface area contributed by atoms with Gasteiger partial charge in [-0.15, -0.1) is 0 Å². The van der Waals surface area contributed by atoms with E-state index in [0.29, 0.717) is 23.5 Å². The number of methoxy groups -OCH3 is 1. The maximum atomic E-state index is 12.3. The molecular weight excluding hydrogens is 400 g/mol. The van der Waals surface area contributed by atoms with Gasteiger partial charge in [-0.2, -0.15) is 5.10 Å². The van der Waals surface area contributed by atoms with Crippen LogP contribution in [0.25, 0.3) is 0 Å². The molecule has 0 radical (unpaired) electrons. The summed E-state index contributed by atoms with van der Waals surface area (Å²) in [5.41, 5.74) is 3.17. The lowest BCUT2D eigenvalue weighted by Gasteiger charge is -2.16.